The van der Waals surface area contributed by atoms with Crippen molar-refractivity contribution in [3.05, 3.63) is 53.9 Å². The maximum atomic E-state index is 12.6. The zero-order valence-electron chi connectivity index (χ0n) is 17.3. The molecule has 2 aromatic rings. The number of carbonyl (C=O) groups is 1. The van der Waals surface area contributed by atoms with Gasteiger partial charge in [-0.3, -0.25) is 14.7 Å². The van der Waals surface area contributed by atoms with Crippen LogP contribution in [0.1, 0.15) is 29.9 Å². The molecule has 5 rings (SSSR count). The fourth-order valence-corrected chi connectivity index (χ4v) is 5.91. The van der Waals surface area contributed by atoms with E-state index < -0.39 is 14.4 Å². The van der Waals surface area contributed by atoms with E-state index in [1.54, 1.807) is 26.0 Å². The average molecular weight is 430 g/mol. The van der Waals surface area contributed by atoms with Gasteiger partial charge in [0.1, 0.15) is 5.60 Å². The van der Waals surface area contributed by atoms with Crippen LogP contribution >= 0.6 is 0 Å². The van der Waals surface area contributed by atoms with E-state index in [0.29, 0.717) is 36.8 Å². The van der Waals surface area contributed by atoms with Crippen molar-refractivity contribution < 1.29 is 23.2 Å². The molecule has 1 aromatic carbocycles. The number of anilines is 1. The first-order valence-electron chi connectivity index (χ1n) is 10.1. The van der Waals surface area contributed by atoms with Gasteiger partial charge in [-0.25, -0.2) is 0 Å². The summed E-state index contributed by atoms with van der Waals surface area (Å²) in [7, 11) is -2.93. The summed E-state index contributed by atoms with van der Waals surface area (Å²) >= 11 is 0. The number of hydrogen-bond donors (Lipinski definition) is 2. The number of fused-ring (bicyclic) bond motifs is 6. The van der Waals surface area contributed by atoms with Gasteiger partial charge in [-0.15, -0.1) is 0 Å². The van der Waals surface area contributed by atoms with E-state index >= 15 is 0 Å². The number of aromatic nitrogens is 1. The van der Waals surface area contributed by atoms with Crippen LogP contribution in [0.5, 0.6) is 0 Å². The Bertz CT molecular complexity index is 874. The molecule has 0 atom stereocenters. The van der Waals surface area contributed by atoms with E-state index in [2.05, 4.69) is 15.2 Å². The summed E-state index contributed by atoms with van der Waals surface area (Å²) in [6.45, 7) is 7.65. The lowest BCUT2D eigenvalue weighted by Gasteiger charge is -2.38. The maximum Gasteiger partial charge on any atom is 0.537 e. The highest BCUT2D eigenvalue weighted by molar-refractivity contribution is 6.75. The number of rotatable bonds is 4. The summed E-state index contributed by atoms with van der Waals surface area (Å²) in [6, 6.07) is 10.7. The second-order valence-corrected chi connectivity index (χ2v) is 10.5. The number of nitrogens with zero attached hydrogens (tertiary/aromatic N) is 2. The summed E-state index contributed by atoms with van der Waals surface area (Å²) in [5.41, 5.74) is 0.403. The van der Waals surface area contributed by atoms with Crippen LogP contribution in [-0.2, 0) is 18.9 Å². The molecule has 1 aromatic heterocycles. The molecule has 4 heterocycles. The maximum absolute atomic E-state index is 12.6. The van der Waals surface area contributed by atoms with Crippen molar-refractivity contribution in [2.24, 2.45) is 0 Å². The highest BCUT2D eigenvalue weighted by Gasteiger charge is 2.46. The Morgan fingerprint density at radius 3 is 2.23 bits per heavy atom. The van der Waals surface area contributed by atoms with Gasteiger partial charge in [0, 0.05) is 42.3 Å². The standard InChI is InChI=1S/C21H27N3O5Si/c1-21(2,26)19-15-16(7-8-22-19)20(25)23-17-3-5-18(6-4-17)30-27-12-9-24(10-13-28-30)11-14-29-30/h3-8,15,26H,9-14H2,1-2H3,(H,23,25). The zero-order chi connectivity index (χ0) is 21.2. The molecule has 2 N–H and O–H groups in total. The van der Waals surface area contributed by atoms with Gasteiger partial charge in [0.2, 0.25) is 0 Å². The van der Waals surface area contributed by atoms with Crippen LogP contribution in [0, 0.1) is 0 Å². The molecule has 3 aliphatic rings. The molecule has 160 valence electrons. The molecule has 0 spiro atoms. The van der Waals surface area contributed by atoms with Crippen LogP contribution in [0.4, 0.5) is 5.69 Å². The molecule has 0 saturated carbocycles. The lowest BCUT2D eigenvalue weighted by molar-refractivity contribution is 0.00141. The molecule has 3 saturated heterocycles. The average Bonchev–Trinajstić information content (AvgIpc) is 2.67. The molecular formula is C21H27N3O5Si. The van der Waals surface area contributed by atoms with Gasteiger partial charge in [-0.2, -0.15) is 0 Å². The number of nitrogens with one attached hydrogen (secondary N) is 1. The minimum atomic E-state index is -2.93. The number of amides is 1. The van der Waals surface area contributed by atoms with Crippen molar-refractivity contribution in [2.75, 3.05) is 44.8 Å². The topological polar surface area (TPSA) is 93.2 Å². The molecule has 3 aliphatic heterocycles. The van der Waals surface area contributed by atoms with E-state index in [1.165, 1.54) is 6.20 Å². The van der Waals surface area contributed by atoms with E-state index in [9.17, 15) is 9.90 Å². The van der Waals surface area contributed by atoms with Crippen molar-refractivity contribution in [3.63, 3.8) is 0 Å². The minimum Gasteiger partial charge on any atom is -0.384 e. The molecule has 30 heavy (non-hydrogen) atoms. The predicted octanol–water partition coefficient (Wildman–Crippen LogP) is 1.09. The van der Waals surface area contributed by atoms with Crippen molar-refractivity contribution in [1.29, 1.82) is 0 Å². The Morgan fingerprint density at radius 2 is 1.67 bits per heavy atom. The summed E-state index contributed by atoms with van der Waals surface area (Å²) in [6.07, 6.45) is 1.52. The Morgan fingerprint density at radius 1 is 1.07 bits per heavy atom. The highest BCUT2D eigenvalue weighted by atomic mass is 28.4. The van der Waals surface area contributed by atoms with E-state index in [1.807, 2.05) is 24.3 Å². The molecular weight excluding hydrogens is 402 g/mol. The molecule has 0 unspecified atom stereocenters. The molecule has 3 fully saturated rings. The van der Waals surface area contributed by atoms with Crippen LogP contribution in [0.3, 0.4) is 0 Å². The van der Waals surface area contributed by atoms with Crippen LogP contribution in [-0.4, -0.2) is 69.2 Å². The van der Waals surface area contributed by atoms with Gasteiger partial charge in [0.05, 0.1) is 25.5 Å². The Labute approximate surface area is 177 Å². The number of carbonyl (C=O) groups excluding carboxylic acids is 1. The van der Waals surface area contributed by atoms with Gasteiger partial charge in [-0.1, -0.05) is 12.1 Å². The third-order valence-electron chi connectivity index (χ3n) is 5.24. The highest BCUT2D eigenvalue weighted by Crippen LogP contribution is 2.20. The van der Waals surface area contributed by atoms with Gasteiger partial charge in [-0.05, 0) is 38.1 Å². The van der Waals surface area contributed by atoms with Crippen molar-refractivity contribution >= 4 is 25.6 Å². The normalized spacial score (nSPS) is 24.6. The smallest absolute Gasteiger partial charge is 0.384 e. The van der Waals surface area contributed by atoms with Gasteiger partial charge in [0.15, 0.2) is 0 Å². The van der Waals surface area contributed by atoms with E-state index in [0.717, 1.165) is 24.8 Å². The first kappa shape index (κ1) is 21.1. The summed E-state index contributed by atoms with van der Waals surface area (Å²) < 4.78 is 18.3. The summed E-state index contributed by atoms with van der Waals surface area (Å²) in [4.78, 5) is 19.1. The Kier molecular flexibility index (Phi) is 6.01. The monoisotopic (exact) mass is 429 g/mol. The third-order valence-corrected chi connectivity index (χ3v) is 8.04. The van der Waals surface area contributed by atoms with Crippen LogP contribution < -0.4 is 10.5 Å². The third kappa shape index (κ3) is 4.61. The fraction of sp³-hybridized carbons (Fsp3) is 0.429. The molecule has 0 radical (unpaired) electrons. The van der Waals surface area contributed by atoms with Crippen molar-refractivity contribution in [1.82, 2.24) is 9.88 Å². The van der Waals surface area contributed by atoms with Gasteiger partial charge < -0.3 is 23.7 Å². The molecule has 9 heteroatoms. The largest absolute Gasteiger partial charge is 0.537 e. The minimum absolute atomic E-state index is 0.271. The fourth-order valence-electron chi connectivity index (χ4n) is 3.51. The Balaban J connectivity index is 1.49. The predicted molar refractivity (Wildman–Crippen MR) is 114 cm³/mol. The van der Waals surface area contributed by atoms with E-state index in [-0.39, 0.29) is 5.91 Å². The lowest BCUT2D eigenvalue weighted by Crippen LogP contribution is -2.62. The molecule has 2 bridgehead atoms. The Hall–Kier alpha value is -2.14. The van der Waals surface area contributed by atoms with Gasteiger partial charge >= 0.3 is 8.80 Å². The quantitative estimate of drug-likeness (QED) is 0.703. The summed E-state index contributed by atoms with van der Waals surface area (Å²) in [5.74, 6) is -0.271. The second-order valence-electron chi connectivity index (χ2n) is 7.96. The summed E-state index contributed by atoms with van der Waals surface area (Å²) in [5, 5.41) is 13.9. The molecule has 0 aliphatic carbocycles. The first-order chi connectivity index (χ1) is 14.4. The first-order valence-corrected chi connectivity index (χ1v) is 11.8. The van der Waals surface area contributed by atoms with Crippen molar-refractivity contribution in [3.8, 4) is 0 Å². The van der Waals surface area contributed by atoms with Crippen LogP contribution in [0.25, 0.3) is 0 Å². The van der Waals surface area contributed by atoms with Crippen molar-refractivity contribution in [2.45, 2.75) is 19.4 Å². The lowest BCUT2D eigenvalue weighted by atomic mass is 10.0. The van der Waals surface area contributed by atoms with Gasteiger partial charge in [0.25, 0.3) is 5.91 Å². The van der Waals surface area contributed by atoms with Crippen LogP contribution in [0.2, 0.25) is 0 Å². The number of aliphatic hydroxyl groups is 1. The number of benzene rings is 1. The zero-order valence-corrected chi connectivity index (χ0v) is 18.3. The molecule has 8 nitrogen and oxygen atoms in total. The van der Waals surface area contributed by atoms with Crippen LogP contribution in [0.15, 0.2) is 42.6 Å². The number of hydrogen-bond acceptors (Lipinski definition) is 7. The SMILES string of the molecule is CC(C)(O)c1cc(C(=O)Nc2ccc([Si]34OCCN(CCO3)CCO4)cc2)ccn1. The number of pyridine rings is 1. The molecule has 1 amide bonds. The second kappa shape index (κ2) is 8.54. The van der Waals surface area contributed by atoms with E-state index in [4.69, 9.17) is 13.3 Å².